The van der Waals surface area contributed by atoms with Crippen LogP contribution in [-0.2, 0) is 0 Å². The van der Waals surface area contributed by atoms with E-state index in [-0.39, 0.29) is 5.69 Å². The number of nitrogens with one attached hydrogen (secondary N) is 1. The molecule has 6 heteroatoms. The number of hydrogen-bond acceptors (Lipinski definition) is 4. The van der Waals surface area contributed by atoms with Gasteiger partial charge in [-0.2, -0.15) is 0 Å². The second kappa shape index (κ2) is 5.14. The summed E-state index contributed by atoms with van der Waals surface area (Å²) in [7, 11) is 0. The Bertz CT molecular complexity index is 584. The normalized spacial score (nSPS) is 10.1. The van der Waals surface area contributed by atoms with E-state index in [9.17, 15) is 4.79 Å². The van der Waals surface area contributed by atoms with E-state index in [0.717, 1.165) is 15.7 Å². The third kappa shape index (κ3) is 2.65. The first-order chi connectivity index (χ1) is 8.58. The molecule has 0 atom stereocenters. The number of halogens is 1. The number of carboxylic acids is 1. The van der Waals surface area contributed by atoms with Gasteiger partial charge in [0, 0.05) is 4.47 Å². The van der Waals surface area contributed by atoms with Gasteiger partial charge in [-0.25, -0.2) is 14.8 Å². The number of aromatic carboxylic acids is 1. The molecule has 2 aromatic rings. The van der Waals surface area contributed by atoms with Gasteiger partial charge >= 0.3 is 5.97 Å². The standard InChI is InChI=1S/C12H10BrN3O2/c1-7-3-2-4-8(11(7)13)16-10-6-14-9(5-15-10)12(17)18/h2-6H,1H3,(H,15,16)(H,17,18). The van der Waals surface area contributed by atoms with E-state index in [1.807, 2.05) is 25.1 Å². The van der Waals surface area contributed by atoms with E-state index < -0.39 is 5.97 Å². The van der Waals surface area contributed by atoms with E-state index in [4.69, 9.17) is 5.11 Å². The summed E-state index contributed by atoms with van der Waals surface area (Å²) in [5.41, 5.74) is 1.87. The molecule has 0 fully saturated rings. The van der Waals surface area contributed by atoms with Gasteiger partial charge in [-0.3, -0.25) is 0 Å². The minimum absolute atomic E-state index is 0.0798. The fourth-order valence-corrected chi connectivity index (χ4v) is 1.75. The summed E-state index contributed by atoms with van der Waals surface area (Å²) in [6, 6.07) is 5.79. The second-order valence-corrected chi connectivity index (χ2v) is 4.45. The van der Waals surface area contributed by atoms with Crippen LogP contribution in [0.1, 0.15) is 16.1 Å². The highest BCUT2D eigenvalue weighted by Gasteiger charge is 2.06. The number of hydrogen-bond donors (Lipinski definition) is 2. The summed E-state index contributed by atoms with van der Waals surface area (Å²) in [4.78, 5) is 18.4. The SMILES string of the molecule is Cc1cccc(Nc2cnc(C(=O)O)cn2)c1Br. The predicted octanol–water partition coefficient (Wildman–Crippen LogP) is 2.99. The Balaban J connectivity index is 2.24. The van der Waals surface area contributed by atoms with Crippen LogP contribution in [0.15, 0.2) is 35.1 Å². The summed E-state index contributed by atoms with van der Waals surface area (Å²) in [6.07, 6.45) is 2.60. The van der Waals surface area contributed by atoms with Gasteiger partial charge < -0.3 is 10.4 Å². The van der Waals surface area contributed by atoms with E-state index in [1.54, 1.807) is 0 Å². The fraction of sp³-hybridized carbons (Fsp3) is 0.0833. The number of carbonyl (C=O) groups is 1. The number of rotatable bonds is 3. The van der Waals surface area contributed by atoms with Gasteiger partial charge in [0.05, 0.1) is 18.1 Å². The van der Waals surface area contributed by atoms with Crippen LogP contribution in [0.5, 0.6) is 0 Å². The Kier molecular flexibility index (Phi) is 3.57. The molecule has 2 rings (SSSR count). The molecule has 1 aromatic heterocycles. The van der Waals surface area contributed by atoms with Crippen molar-refractivity contribution in [2.75, 3.05) is 5.32 Å². The minimum atomic E-state index is -1.09. The molecule has 0 aliphatic rings. The number of aromatic nitrogens is 2. The first-order valence-electron chi connectivity index (χ1n) is 5.15. The lowest BCUT2D eigenvalue weighted by Crippen LogP contribution is -2.03. The smallest absolute Gasteiger partial charge is 0.356 e. The molecule has 0 saturated heterocycles. The Morgan fingerprint density at radius 2 is 2.11 bits per heavy atom. The lowest BCUT2D eigenvalue weighted by Gasteiger charge is -2.09. The van der Waals surface area contributed by atoms with E-state index in [0.29, 0.717) is 5.82 Å². The molecule has 0 radical (unpaired) electrons. The third-order valence-corrected chi connectivity index (χ3v) is 3.38. The van der Waals surface area contributed by atoms with Crippen molar-refractivity contribution in [1.29, 1.82) is 0 Å². The highest BCUT2D eigenvalue weighted by Crippen LogP contribution is 2.27. The molecule has 5 nitrogen and oxygen atoms in total. The molecule has 0 aliphatic carbocycles. The molecular formula is C12H10BrN3O2. The van der Waals surface area contributed by atoms with Crippen molar-refractivity contribution in [2.45, 2.75) is 6.92 Å². The Hall–Kier alpha value is -1.95. The number of anilines is 2. The maximum absolute atomic E-state index is 10.6. The molecule has 0 unspecified atom stereocenters. The van der Waals surface area contributed by atoms with Crippen molar-refractivity contribution >= 4 is 33.4 Å². The highest BCUT2D eigenvalue weighted by atomic mass is 79.9. The van der Waals surface area contributed by atoms with E-state index in [2.05, 4.69) is 31.2 Å². The summed E-state index contributed by atoms with van der Waals surface area (Å²) >= 11 is 3.47. The van der Waals surface area contributed by atoms with Crippen LogP contribution in [-0.4, -0.2) is 21.0 Å². The molecule has 0 aliphatic heterocycles. The van der Waals surface area contributed by atoms with Crippen LogP contribution in [0, 0.1) is 6.92 Å². The van der Waals surface area contributed by atoms with Gasteiger partial charge in [0.2, 0.25) is 0 Å². The van der Waals surface area contributed by atoms with Crippen LogP contribution in [0.25, 0.3) is 0 Å². The van der Waals surface area contributed by atoms with Crippen molar-refractivity contribution in [1.82, 2.24) is 9.97 Å². The van der Waals surface area contributed by atoms with Gasteiger partial charge in [-0.1, -0.05) is 12.1 Å². The molecule has 92 valence electrons. The molecule has 0 saturated carbocycles. The van der Waals surface area contributed by atoms with Crippen LogP contribution in [0.2, 0.25) is 0 Å². The largest absolute Gasteiger partial charge is 0.476 e. The van der Waals surface area contributed by atoms with Crippen LogP contribution < -0.4 is 5.32 Å². The first-order valence-corrected chi connectivity index (χ1v) is 5.94. The number of carboxylic acid groups (broad SMARTS) is 1. The summed E-state index contributed by atoms with van der Waals surface area (Å²) in [6.45, 7) is 1.98. The van der Waals surface area contributed by atoms with Crippen molar-refractivity contribution in [3.8, 4) is 0 Å². The highest BCUT2D eigenvalue weighted by molar-refractivity contribution is 9.10. The quantitative estimate of drug-likeness (QED) is 0.911. The minimum Gasteiger partial charge on any atom is -0.476 e. The Morgan fingerprint density at radius 3 is 2.72 bits per heavy atom. The average Bonchev–Trinajstić information content (AvgIpc) is 2.36. The summed E-state index contributed by atoms with van der Waals surface area (Å²) in [5.74, 6) is -0.600. The van der Waals surface area contributed by atoms with Crippen LogP contribution >= 0.6 is 15.9 Å². The topological polar surface area (TPSA) is 75.1 Å². The number of aryl methyl sites for hydroxylation is 1. The summed E-state index contributed by atoms with van der Waals surface area (Å²) in [5, 5.41) is 11.8. The monoisotopic (exact) mass is 307 g/mol. The summed E-state index contributed by atoms with van der Waals surface area (Å²) < 4.78 is 0.939. The molecule has 2 N–H and O–H groups in total. The third-order valence-electron chi connectivity index (χ3n) is 2.33. The predicted molar refractivity (Wildman–Crippen MR) is 71.2 cm³/mol. The van der Waals surface area contributed by atoms with Gasteiger partial charge in [0.15, 0.2) is 5.69 Å². The fourth-order valence-electron chi connectivity index (χ4n) is 1.38. The first kappa shape index (κ1) is 12.5. The van der Waals surface area contributed by atoms with Gasteiger partial charge in [0.1, 0.15) is 5.82 Å². The lowest BCUT2D eigenvalue weighted by atomic mass is 10.2. The molecule has 0 amide bonds. The molecule has 1 aromatic carbocycles. The molecule has 0 spiro atoms. The molecular weight excluding hydrogens is 298 g/mol. The zero-order valence-corrected chi connectivity index (χ0v) is 11.1. The van der Waals surface area contributed by atoms with Crippen LogP contribution in [0.3, 0.4) is 0 Å². The average molecular weight is 308 g/mol. The number of benzene rings is 1. The Labute approximate surface area is 112 Å². The van der Waals surface area contributed by atoms with Crippen molar-refractivity contribution in [3.05, 3.63) is 46.3 Å². The van der Waals surface area contributed by atoms with Gasteiger partial charge in [-0.15, -0.1) is 0 Å². The number of nitrogens with zero attached hydrogens (tertiary/aromatic N) is 2. The van der Waals surface area contributed by atoms with Crippen molar-refractivity contribution in [2.24, 2.45) is 0 Å². The molecule has 1 heterocycles. The van der Waals surface area contributed by atoms with Gasteiger partial charge in [-0.05, 0) is 34.5 Å². The van der Waals surface area contributed by atoms with Crippen molar-refractivity contribution in [3.63, 3.8) is 0 Å². The lowest BCUT2D eigenvalue weighted by molar-refractivity contribution is 0.0690. The van der Waals surface area contributed by atoms with Crippen molar-refractivity contribution < 1.29 is 9.90 Å². The zero-order valence-electron chi connectivity index (χ0n) is 9.51. The molecule has 18 heavy (non-hydrogen) atoms. The second-order valence-electron chi connectivity index (χ2n) is 3.65. The maximum atomic E-state index is 10.6. The van der Waals surface area contributed by atoms with E-state index >= 15 is 0 Å². The molecule has 0 bridgehead atoms. The maximum Gasteiger partial charge on any atom is 0.356 e. The van der Waals surface area contributed by atoms with E-state index in [1.165, 1.54) is 12.4 Å². The van der Waals surface area contributed by atoms with Gasteiger partial charge in [0.25, 0.3) is 0 Å². The zero-order chi connectivity index (χ0) is 13.1. The van der Waals surface area contributed by atoms with Crippen LogP contribution in [0.4, 0.5) is 11.5 Å². The Morgan fingerprint density at radius 1 is 1.33 bits per heavy atom.